The van der Waals surface area contributed by atoms with Gasteiger partial charge in [-0.2, -0.15) is 0 Å². The summed E-state index contributed by atoms with van der Waals surface area (Å²) in [6.07, 6.45) is 1.52. The number of carbonyl (C=O) groups is 1. The number of phenolic OH excluding ortho intramolecular Hbond substituents is 1. The van der Waals surface area contributed by atoms with E-state index in [9.17, 15) is 9.90 Å². The van der Waals surface area contributed by atoms with Gasteiger partial charge in [0, 0.05) is 18.3 Å². The second kappa shape index (κ2) is 5.28. The van der Waals surface area contributed by atoms with Gasteiger partial charge in [0.1, 0.15) is 5.75 Å². The Balaban J connectivity index is 2.07. The first-order valence-corrected chi connectivity index (χ1v) is 5.39. The molecule has 0 aliphatic heterocycles. The van der Waals surface area contributed by atoms with Crippen LogP contribution in [-0.2, 0) is 6.54 Å². The summed E-state index contributed by atoms with van der Waals surface area (Å²) in [7, 11) is 0. The molecular formula is C11H13N5O2. The van der Waals surface area contributed by atoms with Gasteiger partial charge >= 0.3 is 0 Å². The fourth-order valence-electron chi connectivity index (χ4n) is 1.42. The highest BCUT2D eigenvalue weighted by atomic mass is 16.3. The van der Waals surface area contributed by atoms with E-state index in [2.05, 4.69) is 15.6 Å². The minimum atomic E-state index is -0.385. The van der Waals surface area contributed by atoms with Crippen LogP contribution in [0.3, 0.4) is 0 Å². The van der Waals surface area contributed by atoms with Gasteiger partial charge < -0.3 is 16.2 Å². The van der Waals surface area contributed by atoms with Crippen LogP contribution in [0.25, 0.3) is 0 Å². The first kappa shape index (κ1) is 12.1. The summed E-state index contributed by atoms with van der Waals surface area (Å²) in [6, 6.07) is 6.27. The maximum absolute atomic E-state index is 11.8. The number of nitrogens with zero attached hydrogens (tertiary/aromatic N) is 3. The lowest BCUT2D eigenvalue weighted by molar-refractivity contribution is 0.102. The van der Waals surface area contributed by atoms with Gasteiger partial charge in [0.05, 0.1) is 12.7 Å². The first-order valence-electron chi connectivity index (χ1n) is 5.39. The van der Waals surface area contributed by atoms with Crippen LogP contribution in [0.5, 0.6) is 5.75 Å². The lowest BCUT2D eigenvalue weighted by Gasteiger charge is -2.02. The number of phenols is 1. The number of rotatable bonds is 4. The van der Waals surface area contributed by atoms with E-state index in [-0.39, 0.29) is 17.4 Å². The third-order valence-electron chi connectivity index (χ3n) is 2.23. The normalized spacial score (nSPS) is 10.3. The molecule has 1 heterocycles. The quantitative estimate of drug-likeness (QED) is 0.715. The molecule has 1 aromatic carbocycles. The van der Waals surface area contributed by atoms with Crippen molar-refractivity contribution >= 4 is 11.6 Å². The van der Waals surface area contributed by atoms with Gasteiger partial charge in [-0.05, 0) is 12.1 Å². The molecule has 0 bridgehead atoms. The fraction of sp³-hybridized carbons (Fsp3) is 0.182. The van der Waals surface area contributed by atoms with Crippen molar-refractivity contribution in [3.8, 4) is 5.75 Å². The number of nitrogens with one attached hydrogen (secondary N) is 1. The van der Waals surface area contributed by atoms with Crippen LogP contribution in [0.2, 0.25) is 0 Å². The minimum absolute atomic E-state index is 0.0830. The third kappa shape index (κ3) is 2.83. The number of aromatic nitrogens is 3. The molecule has 2 rings (SSSR count). The third-order valence-corrected chi connectivity index (χ3v) is 2.23. The molecule has 0 atom stereocenters. The highest BCUT2D eigenvalue weighted by Gasteiger charge is 2.10. The molecule has 0 saturated carbocycles. The Hall–Kier alpha value is -2.41. The second-order valence-corrected chi connectivity index (χ2v) is 3.66. The topological polar surface area (TPSA) is 106 Å². The average molecular weight is 247 g/mol. The Morgan fingerprint density at radius 3 is 3.06 bits per heavy atom. The zero-order valence-electron chi connectivity index (χ0n) is 9.58. The Morgan fingerprint density at radius 1 is 1.50 bits per heavy atom. The van der Waals surface area contributed by atoms with Crippen LogP contribution in [0, 0.1) is 0 Å². The average Bonchev–Trinajstić information content (AvgIpc) is 2.78. The van der Waals surface area contributed by atoms with Crippen molar-refractivity contribution in [2.75, 3.05) is 11.9 Å². The Morgan fingerprint density at radius 2 is 2.33 bits per heavy atom. The Bertz CT molecular complexity index is 552. The minimum Gasteiger partial charge on any atom is -0.508 e. The van der Waals surface area contributed by atoms with Crippen molar-refractivity contribution < 1.29 is 9.90 Å². The summed E-state index contributed by atoms with van der Waals surface area (Å²) in [5.74, 6) is -0.302. The molecule has 0 unspecified atom stereocenters. The van der Waals surface area contributed by atoms with Crippen LogP contribution in [0.1, 0.15) is 10.5 Å². The van der Waals surface area contributed by atoms with E-state index in [0.29, 0.717) is 18.8 Å². The molecule has 0 aliphatic rings. The lowest BCUT2D eigenvalue weighted by atomic mass is 10.3. The summed E-state index contributed by atoms with van der Waals surface area (Å²) in [4.78, 5) is 11.8. The van der Waals surface area contributed by atoms with Crippen molar-refractivity contribution in [2.24, 2.45) is 5.73 Å². The monoisotopic (exact) mass is 247 g/mol. The number of hydrogen-bond donors (Lipinski definition) is 3. The first-order chi connectivity index (χ1) is 8.69. The largest absolute Gasteiger partial charge is 0.508 e. The van der Waals surface area contributed by atoms with Crippen LogP contribution in [-0.4, -0.2) is 32.6 Å². The number of amides is 1. The van der Waals surface area contributed by atoms with Crippen molar-refractivity contribution in [3.05, 3.63) is 36.2 Å². The van der Waals surface area contributed by atoms with Gasteiger partial charge in [-0.1, -0.05) is 11.3 Å². The number of aromatic hydroxyl groups is 1. The molecule has 0 saturated heterocycles. The summed E-state index contributed by atoms with van der Waals surface area (Å²) in [5, 5.41) is 19.4. The van der Waals surface area contributed by atoms with E-state index in [1.54, 1.807) is 12.1 Å². The van der Waals surface area contributed by atoms with Gasteiger partial charge in [-0.15, -0.1) is 5.10 Å². The Labute approximate surface area is 103 Å². The van der Waals surface area contributed by atoms with Crippen LogP contribution in [0.4, 0.5) is 5.69 Å². The summed E-state index contributed by atoms with van der Waals surface area (Å²) in [6.45, 7) is 0.934. The van der Waals surface area contributed by atoms with Gasteiger partial charge in [-0.3, -0.25) is 9.48 Å². The molecule has 7 nitrogen and oxygen atoms in total. The van der Waals surface area contributed by atoms with E-state index in [1.165, 1.54) is 23.0 Å². The number of benzene rings is 1. The Kier molecular flexibility index (Phi) is 3.54. The SMILES string of the molecule is NCCn1cc(C(=O)Nc2cccc(O)c2)nn1. The summed E-state index contributed by atoms with van der Waals surface area (Å²) >= 11 is 0. The molecule has 18 heavy (non-hydrogen) atoms. The molecule has 4 N–H and O–H groups in total. The fourth-order valence-corrected chi connectivity index (χ4v) is 1.42. The maximum atomic E-state index is 11.8. The summed E-state index contributed by atoms with van der Waals surface area (Å²) < 4.78 is 1.50. The molecule has 0 radical (unpaired) electrons. The van der Waals surface area contributed by atoms with E-state index >= 15 is 0 Å². The molecule has 2 aromatic rings. The highest BCUT2D eigenvalue weighted by molar-refractivity contribution is 6.02. The van der Waals surface area contributed by atoms with Crippen molar-refractivity contribution in [2.45, 2.75) is 6.54 Å². The summed E-state index contributed by atoms with van der Waals surface area (Å²) in [5.41, 5.74) is 6.06. The molecule has 1 amide bonds. The van der Waals surface area contributed by atoms with E-state index in [0.717, 1.165) is 0 Å². The van der Waals surface area contributed by atoms with Gasteiger partial charge in [0.2, 0.25) is 0 Å². The van der Waals surface area contributed by atoms with E-state index in [1.807, 2.05) is 0 Å². The number of carbonyl (C=O) groups excluding carboxylic acids is 1. The molecular weight excluding hydrogens is 234 g/mol. The molecule has 0 aliphatic carbocycles. The predicted octanol–water partition coefficient (Wildman–Crippen LogP) is 0.195. The molecule has 0 fully saturated rings. The predicted molar refractivity (Wildman–Crippen MR) is 65.1 cm³/mol. The molecule has 1 aromatic heterocycles. The second-order valence-electron chi connectivity index (χ2n) is 3.66. The van der Waals surface area contributed by atoms with E-state index < -0.39 is 0 Å². The van der Waals surface area contributed by atoms with Gasteiger partial charge in [0.25, 0.3) is 5.91 Å². The molecule has 94 valence electrons. The van der Waals surface area contributed by atoms with Gasteiger partial charge in [0.15, 0.2) is 5.69 Å². The van der Waals surface area contributed by atoms with Crippen LogP contribution in [0.15, 0.2) is 30.5 Å². The van der Waals surface area contributed by atoms with Crippen LogP contribution < -0.4 is 11.1 Å². The zero-order valence-corrected chi connectivity index (χ0v) is 9.58. The molecule has 7 heteroatoms. The number of hydrogen-bond acceptors (Lipinski definition) is 5. The molecule has 0 spiro atoms. The van der Waals surface area contributed by atoms with Crippen molar-refractivity contribution in [3.63, 3.8) is 0 Å². The smallest absolute Gasteiger partial charge is 0.277 e. The lowest BCUT2D eigenvalue weighted by Crippen LogP contribution is -2.12. The van der Waals surface area contributed by atoms with Gasteiger partial charge in [-0.25, -0.2) is 0 Å². The van der Waals surface area contributed by atoms with Crippen LogP contribution >= 0.6 is 0 Å². The zero-order chi connectivity index (χ0) is 13.0. The number of nitrogens with two attached hydrogens (primary N) is 1. The number of anilines is 1. The standard InChI is InChI=1S/C11H13N5O2/c12-4-5-16-7-10(14-15-16)11(18)13-8-2-1-3-9(17)6-8/h1-3,6-7,17H,4-5,12H2,(H,13,18). The van der Waals surface area contributed by atoms with E-state index in [4.69, 9.17) is 5.73 Å². The maximum Gasteiger partial charge on any atom is 0.277 e. The highest BCUT2D eigenvalue weighted by Crippen LogP contribution is 2.15. The van der Waals surface area contributed by atoms with Crippen molar-refractivity contribution in [1.29, 1.82) is 0 Å². The van der Waals surface area contributed by atoms with Crippen molar-refractivity contribution in [1.82, 2.24) is 15.0 Å².